The van der Waals surface area contributed by atoms with Gasteiger partial charge in [0.25, 0.3) is 11.4 Å². The van der Waals surface area contributed by atoms with Crippen molar-refractivity contribution in [3.05, 3.63) is 58.0 Å². The molecule has 1 N–H and O–H groups in total. The number of benzene rings is 1. The Kier molecular flexibility index (Phi) is 5.29. The summed E-state index contributed by atoms with van der Waals surface area (Å²) in [6.45, 7) is 0.128. The predicted octanol–water partition coefficient (Wildman–Crippen LogP) is 3.81. The molecule has 9 nitrogen and oxygen atoms in total. The van der Waals surface area contributed by atoms with Crippen LogP contribution in [0.1, 0.15) is 55.3 Å². The highest BCUT2D eigenvalue weighted by Crippen LogP contribution is 2.33. The molecule has 0 unspecified atom stereocenters. The highest BCUT2D eigenvalue weighted by molar-refractivity contribution is 5.82. The van der Waals surface area contributed by atoms with E-state index in [4.69, 9.17) is 9.15 Å². The maximum absolute atomic E-state index is 13.5. The summed E-state index contributed by atoms with van der Waals surface area (Å²) in [6.07, 6.45) is 5.50. The van der Waals surface area contributed by atoms with E-state index >= 15 is 0 Å². The molecule has 0 aliphatic heterocycles. The monoisotopic (exact) mass is 430 g/mol. The van der Waals surface area contributed by atoms with Crippen molar-refractivity contribution in [2.45, 2.75) is 44.6 Å². The van der Waals surface area contributed by atoms with E-state index in [9.17, 15) is 10.1 Å². The van der Waals surface area contributed by atoms with Crippen LogP contribution in [0.5, 0.6) is 0 Å². The molecule has 32 heavy (non-hydrogen) atoms. The molecule has 1 fully saturated rings. The summed E-state index contributed by atoms with van der Waals surface area (Å²) in [5.41, 5.74) is 2.17. The van der Waals surface area contributed by atoms with Gasteiger partial charge in [0.05, 0.1) is 17.9 Å². The summed E-state index contributed by atoms with van der Waals surface area (Å²) in [4.78, 5) is 16.8. The molecule has 3 aromatic heterocycles. The van der Waals surface area contributed by atoms with Gasteiger partial charge in [-0.15, -0.1) is 10.2 Å². The van der Waals surface area contributed by atoms with Gasteiger partial charge in [0, 0.05) is 13.0 Å². The van der Waals surface area contributed by atoms with Crippen LogP contribution < -0.4 is 5.56 Å². The van der Waals surface area contributed by atoms with Gasteiger partial charge in [0.1, 0.15) is 17.3 Å². The first-order valence-corrected chi connectivity index (χ1v) is 10.7. The van der Waals surface area contributed by atoms with Crippen LogP contribution in [0.15, 0.2) is 39.5 Å². The third kappa shape index (κ3) is 3.39. The van der Waals surface area contributed by atoms with Crippen molar-refractivity contribution in [3.63, 3.8) is 0 Å². The van der Waals surface area contributed by atoms with Gasteiger partial charge in [-0.05, 0) is 18.4 Å². The van der Waals surface area contributed by atoms with Crippen LogP contribution in [-0.4, -0.2) is 31.9 Å². The van der Waals surface area contributed by atoms with Crippen LogP contribution in [0.3, 0.4) is 0 Å². The second-order valence-electron chi connectivity index (χ2n) is 7.96. The van der Waals surface area contributed by atoms with E-state index in [1.165, 1.54) is 10.9 Å². The number of H-pyrrole nitrogens is 1. The molecule has 4 aromatic rings. The Balaban J connectivity index is 1.70. The molecule has 5 rings (SSSR count). The van der Waals surface area contributed by atoms with E-state index in [1.807, 2.05) is 30.3 Å². The van der Waals surface area contributed by atoms with E-state index < -0.39 is 5.56 Å². The minimum atomic E-state index is -0.441. The van der Waals surface area contributed by atoms with Crippen molar-refractivity contribution in [1.29, 1.82) is 5.26 Å². The standard InChI is InChI=1S/C23H22N6O3/c1-31-13-17-19(22-27-26-21(32-22)15-10-6-3-7-11-15)23(30)29-20(25-17)18(16(12-24)28-29)14-8-4-2-5-9-14/h2,4-5,8-9,15,25H,3,6-7,10-11,13H2,1H3. The minimum absolute atomic E-state index is 0.128. The van der Waals surface area contributed by atoms with Crippen LogP contribution in [0.2, 0.25) is 0 Å². The zero-order valence-electron chi connectivity index (χ0n) is 17.7. The fourth-order valence-corrected chi connectivity index (χ4v) is 4.40. The minimum Gasteiger partial charge on any atom is -0.420 e. The molecule has 3 heterocycles. The first kappa shape index (κ1) is 20.2. The second kappa shape index (κ2) is 8.40. The highest BCUT2D eigenvalue weighted by Gasteiger charge is 2.27. The van der Waals surface area contributed by atoms with Crippen LogP contribution in [0, 0.1) is 11.3 Å². The number of nitrogens with one attached hydrogen (secondary N) is 1. The molecule has 0 bridgehead atoms. The van der Waals surface area contributed by atoms with Crippen molar-refractivity contribution in [2.24, 2.45) is 0 Å². The fourth-order valence-electron chi connectivity index (χ4n) is 4.40. The lowest BCUT2D eigenvalue weighted by molar-refractivity contribution is 0.181. The average molecular weight is 430 g/mol. The lowest BCUT2D eigenvalue weighted by Gasteiger charge is -2.17. The summed E-state index contributed by atoms with van der Waals surface area (Å²) in [7, 11) is 1.54. The number of fused-ring (bicyclic) bond motifs is 1. The Hall–Kier alpha value is -3.77. The summed E-state index contributed by atoms with van der Waals surface area (Å²) in [5.74, 6) is 0.917. The van der Waals surface area contributed by atoms with E-state index in [2.05, 4.69) is 26.3 Å². The summed E-state index contributed by atoms with van der Waals surface area (Å²) < 4.78 is 12.5. The number of methoxy groups -OCH3 is 1. The lowest BCUT2D eigenvalue weighted by atomic mass is 9.89. The Labute approximate surface area is 183 Å². The molecule has 0 saturated heterocycles. The van der Waals surface area contributed by atoms with Crippen LogP contribution in [0.25, 0.3) is 28.2 Å². The maximum atomic E-state index is 13.5. The van der Waals surface area contributed by atoms with E-state index in [1.54, 1.807) is 7.11 Å². The number of aromatic nitrogens is 5. The van der Waals surface area contributed by atoms with Gasteiger partial charge in [0.15, 0.2) is 5.69 Å². The quantitative estimate of drug-likeness (QED) is 0.511. The molecule has 1 saturated carbocycles. The molecule has 9 heteroatoms. The van der Waals surface area contributed by atoms with E-state index in [0.29, 0.717) is 22.8 Å². The molecule has 0 amide bonds. The normalized spacial score (nSPS) is 14.6. The largest absolute Gasteiger partial charge is 0.420 e. The zero-order valence-corrected chi connectivity index (χ0v) is 17.7. The maximum Gasteiger partial charge on any atom is 0.287 e. The summed E-state index contributed by atoms with van der Waals surface area (Å²) >= 11 is 0. The molecule has 1 aliphatic carbocycles. The Bertz CT molecular complexity index is 1360. The van der Waals surface area contributed by atoms with Crippen LogP contribution >= 0.6 is 0 Å². The van der Waals surface area contributed by atoms with Gasteiger partial charge in [-0.3, -0.25) is 4.79 Å². The van der Waals surface area contributed by atoms with Crippen molar-refractivity contribution < 1.29 is 9.15 Å². The fraction of sp³-hybridized carbons (Fsp3) is 0.348. The topological polar surface area (TPSA) is 122 Å². The van der Waals surface area contributed by atoms with Crippen LogP contribution in [0.4, 0.5) is 0 Å². The Morgan fingerprint density at radius 1 is 1.19 bits per heavy atom. The van der Waals surface area contributed by atoms with E-state index in [0.717, 1.165) is 31.2 Å². The van der Waals surface area contributed by atoms with Crippen molar-refractivity contribution in [1.82, 2.24) is 24.8 Å². The van der Waals surface area contributed by atoms with Gasteiger partial charge in [-0.2, -0.15) is 14.9 Å². The SMILES string of the molecule is COCc1[nH]c2c(-c3ccccc3)c(C#N)nn2c(=O)c1-c1nnc(C2CCCCC2)o1. The highest BCUT2D eigenvalue weighted by atomic mass is 16.5. The number of nitriles is 1. The number of ether oxygens (including phenoxy) is 1. The van der Waals surface area contributed by atoms with Crippen molar-refractivity contribution in [2.75, 3.05) is 7.11 Å². The number of hydrogen-bond donors (Lipinski definition) is 1. The molecule has 0 atom stereocenters. The number of nitrogens with zero attached hydrogens (tertiary/aromatic N) is 5. The lowest BCUT2D eigenvalue weighted by Crippen LogP contribution is -2.20. The third-order valence-electron chi connectivity index (χ3n) is 5.93. The Morgan fingerprint density at radius 2 is 1.97 bits per heavy atom. The molecular formula is C23H22N6O3. The van der Waals surface area contributed by atoms with Gasteiger partial charge in [0.2, 0.25) is 5.89 Å². The second-order valence-corrected chi connectivity index (χ2v) is 7.96. The average Bonchev–Trinajstić information content (AvgIpc) is 3.46. The molecule has 0 radical (unpaired) electrons. The first-order chi connectivity index (χ1) is 15.7. The number of rotatable bonds is 5. The van der Waals surface area contributed by atoms with Gasteiger partial charge >= 0.3 is 0 Å². The smallest absolute Gasteiger partial charge is 0.287 e. The first-order valence-electron chi connectivity index (χ1n) is 10.7. The molecule has 162 valence electrons. The zero-order chi connectivity index (χ0) is 22.1. The Morgan fingerprint density at radius 3 is 2.69 bits per heavy atom. The van der Waals surface area contributed by atoms with Crippen LogP contribution in [-0.2, 0) is 11.3 Å². The van der Waals surface area contributed by atoms with Gasteiger partial charge in [-0.1, -0.05) is 49.6 Å². The van der Waals surface area contributed by atoms with Crippen molar-refractivity contribution >= 4 is 5.65 Å². The number of hydrogen-bond acceptors (Lipinski definition) is 7. The molecule has 1 aliphatic rings. The van der Waals surface area contributed by atoms with Gasteiger partial charge < -0.3 is 14.1 Å². The van der Waals surface area contributed by atoms with E-state index in [-0.39, 0.29) is 29.7 Å². The van der Waals surface area contributed by atoms with Gasteiger partial charge in [-0.25, -0.2) is 0 Å². The molecular weight excluding hydrogens is 408 g/mol. The summed E-state index contributed by atoms with van der Waals surface area (Å²) in [5, 5.41) is 22.4. The van der Waals surface area contributed by atoms with Crippen molar-refractivity contribution in [3.8, 4) is 28.7 Å². The number of aromatic amines is 1. The molecule has 1 aromatic carbocycles. The molecule has 0 spiro atoms. The predicted molar refractivity (Wildman–Crippen MR) is 116 cm³/mol. The third-order valence-corrected chi connectivity index (χ3v) is 5.93. The summed E-state index contributed by atoms with van der Waals surface area (Å²) in [6, 6.07) is 11.5.